The van der Waals surface area contributed by atoms with Crippen LogP contribution in [0.25, 0.3) is 0 Å². The van der Waals surface area contributed by atoms with Crippen LogP contribution in [0.15, 0.2) is 48.7 Å². The Kier molecular flexibility index (Phi) is 7.11. The molecule has 1 aromatic heterocycles. The van der Waals surface area contributed by atoms with Crippen molar-refractivity contribution in [3.05, 3.63) is 54.2 Å². The van der Waals surface area contributed by atoms with Crippen LogP contribution in [0.3, 0.4) is 0 Å². The zero-order valence-corrected chi connectivity index (χ0v) is 17.0. The Morgan fingerprint density at radius 1 is 1.07 bits per heavy atom. The summed E-state index contributed by atoms with van der Waals surface area (Å²) in [6, 6.07) is 13.4. The molecule has 0 radical (unpaired) electrons. The molecule has 1 saturated heterocycles. The maximum atomic E-state index is 10.4. The van der Waals surface area contributed by atoms with E-state index in [0.29, 0.717) is 17.5 Å². The number of ether oxygens (including phenoxy) is 1. The number of hydrogen-bond donors (Lipinski definition) is 2. The fourth-order valence-corrected chi connectivity index (χ4v) is 3.66. The Labute approximate surface area is 162 Å². The van der Waals surface area contributed by atoms with Crippen molar-refractivity contribution in [2.75, 3.05) is 7.05 Å². The fraction of sp³-hybridized carbons (Fsp3) is 0.455. The minimum absolute atomic E-state index is 0.273. The highest BCUT2D eigenvalue weighted by Crippen LogP contribution is 2.28. The molecule has 0 spiro atoms. The summed E-state index contributed by atoms with van der Waals surface area (Å²) >= 11 is 0. The third-order valence-electron chi connectivity index (χ3n) is 4.46. The van der Waals surface area contributed by atoms with Crippen LogP contribution in [0.2, 0.25) is 0 Å². The molecule has 2 heterocycles. The highest BCUT2D eigenvalue weighted by atomic mass is 16.5. The van der Waals surface area contributed by atoms with E-state index < -0.39 is 0 Å². The average Bonchev–Trinajstić information content (AvgIpc) is 2.61. The van der Waals surface area contributed by atoms with Crippen molar-refractivity contribution < 1.29 is 9.53 Å². The SMILES string of the molecule is CNC1CC(C)(C)NC(C)(C)C1.O=Cc1ccc(Oc2ccccc2)nc1. The molecule has 0 saturated carbocycles. The molecule has 146 valence electrons. The van der Waals surface area contributed by atoms with Gasteiger partial charge in [0, 0.05) is 34.9 Å². The van der Waals surface area contributed by atoms with Gasteiger partial charge in [0.2, 0.25) is 5.88 Å². The molecule has 0 aliphatic carbocycles. The van der Waals surface area contributed by atoms with Crippen LogP contribution in [0.1, 0.15) is 50.9 Å². The van der Waals surface area contributed by atoms with Crippen molar-refractivity contribution in [1.29, 1.82) is 0 Å². The minimum Gasteiger partial charge on any atom is -0.439 e. The summed E-state index contributed by atoms with van der Waals surface area (Å²) < 4.78 is 5.45. The lowest BCUT2D eigenvalue weighted by Gasteiger charge is -2.46. The first-order valence-electron chi connectivity index (χ1n) is 9.34. The topological polar surface area (TPSA) is 63.2 Å². The fourth-order valence-electron chi connectivity index (χ4n) is 3.66. The van der Waals surface area contributed by atoms with Crippen LogP contribution in [0, 0.1) is 0 Å². The third kappa shape index (κ3) is 7.12. The van der Waals surface area contributed by atoms with Gasteiger partial charge >= 0.3 is 0 Å². The predicted molar refractivity (Wildman–Crippen MR) is 110 cm³/mol. The number of nitrogens with zero attached hydrogens (tertiary/aromatic N) is 1. The van der Waals surface area contributed by atoms with Gasteiger partial charge in [0.05, 0.1) is 0 Å². The Hall–Kier alpha value is -2.24. The van der Waals surface area contributed by atoms with E-state index >= 15 is 0 Å². The van der Waals surface area contributed by atoms with Gasteiger partial charge < -0.3 is 15.4 Å². The molecule has 0 atom stereocenters. The molecule has 1 aliphatic rings. The van der Waals surface area contributed by atoms with Crippen molar-refractivity contribution in [2.24, 2.45) is 0 Å². The number of para-hydroxylation sites is 1. The lowest BCUT2D eigenvalue weighted by molar-refractivity contribution is 0.112. The quantitative estimate of drug-likeness (QED) is 0.791. The van der Waals surface area contributed by atoms with Crippen LogP contribution in [0.4, 0.5) is 0 Å². The maximum absolute atomic E-state index is 10.4. The highest BCUT2D eigenvalue weighted by Gasteiger charge is 2.36. The molecule has 27 heavy (non-hydrogen) atoms. The number of benzene rings is 1. The summed E-state index contributed by atoms with van der Waals surface area (Å²) in [5.41, 5.74) is 1.08. The number of pyridine rings is 1. The van der Waals surface area contributed by atoms with E-state index in [2.05, 4.69) is 50.4 Å². The standard InChI is InChI=1S/C12H9NO2.C10H22N2/c14-9-10-6-7-12(13-8-10)15-11-4-2-1-3-5-11;1-9(2)6-8(11-5)7-10(3,4)12-9/h1-9H;8,11-12H,6-7H2,1-5H3. The van der Waals surface area contributed by atoms with Gasteiger partial charge in [-0.15, -0.1) is 0 Å². The molecule has 3 rings (SSSR count). The van der Waals surface area contributed by atoms with E-state index in [1.165, 1.54) is 19.0 Å². The number of aldehydes is 1. The summed E-state index contributed by atoms with van der Waals surface area (Å²) in [6.07, 6.45) is 4.66. The highest BCUT2D eigenvalue weighted by molar-refractivity contribution is 5.74. The zero-order chi connectivity index (χ0) is 19.9. The molecule has 5 heteroatoms. The van der Waals surface area contributed by atoms with Gasteiger partial charge in [-0.1, -0.05) is 18.2 Å². The molecule has 1 aliphatic heterocycles. The van der Waals surface area contributed by atoms with Gasteiger partial charge in [-0.2, -0.15) is 0 Å². The molecule has 1 fully saturated rings. The second kappa shape index (κ2) is 9.11. The number of rotatable bonds is 4. The molecule has 2 aromatic rings. The summed E-state index contributed by atoms with van der Waals surface area (Å²) in [7, 11) is 2.06. The van der Waals surface area contributed by atoms with Crippen molar-refractivity contribution in [3.63, 3.8) is 0 Å². The van der Waals surface area contributed by atoms with Crippen LogP contribution in [-0.2, 0) is 0 Å². The first-order valence-corrected chi connectivity index (χ1v) is 9.34. The smallest absolute Gasteiger partial charge is 0.219 e. The van der Waals surface area contributed by atoms with Crippen LogP contribution >= 0.6 is 0 Å². The van der Waals surface area contributed by atoms with E-state index in [-0.39, 0.29) is 11.1 Å². The normalized spacial score (nSPS) is 18.1. The van der Waals surface area contributed by atoms with Gasteiger partial charge in [0.1, 0.15) is 5.75 Å². The zero-order valence-electron chi connectivity index (χ0n) is 17.0. The number of hydrogen-bond acceptors (Lipinski definition) is 5. The van der Waals surface area contributed by atoms with E-state index in [4.69, 9.17) is 4.74 Å². The van der Waals surface area contributed by atoms with E-state index in [9.17, 15) is 4.79 Å². The summed E-state index contributed by atoms with van der Waals surface area (Å²) in [4.78, 5) is 14.4. The molecule has 0 bridgehead atoms. The van der Waals surface area contributed by atoms with Crippen LogP contribution in [-0.4, -0.2) is 35.4 Å². The summed E-state index contributed by atoms with van der Waals surface area (Å²) in [6.45, 7) is 9.10. The van der Waals surface area contributed by atoms with Gasteiger partial charge in [-0.3, -0.25) is 4.79 Å². The number of nitrogens with one attached hydrogen (secondary N) is 2. The third-order valence-corrected chi connectivity index (χ3v) is 4.46. The monoisotopic (exact) mass is 369 g/mol. The molecule has 0 amide bonds. The lowest BCUT2D eigenvalue weighted by atomic mass is 9.80. The minimum atomic E-state index is 0.273. The number of aromatic nitrogens is 1. The summed E-state index contributed by atoms with van der Waals surface area (Å²) in [5, 5.41) is 7.03. The largest absolute Gasteiger partial charge is 0.439 e. The van der Waals surface area contributed by atoms with Crippen molar-refractivity contribution in [1.82, 2.24) is 15.6 Å². The second-order valence-electron chi connectivity index (χ2n) is 8.25. The lowest BCUT2D eigenvalue weighted by Crippen LogP contribution is -2.61. The Morgan fingerprint density at radius 3 is 2.19 bits per heavy atom. The molecular weight excluding hydrogens is 338 g/mol. The number of piperidine rings is 1. The second-order valence-corrected chi connectivity index (χ2v) is 8.25. The van der Waals surface area contributed by atoms with E-state index in [1.54, 1.807) is 12.1 Å². The first kappa shape index (κ1) is 21.1. The summed E-state index contributed by atoms with van der Waals surface area (Å²) in [5.74, 6) is 1.20. The van der Waals surface area contributed by atoms with Gasteiger partial charge in [-0.25, -0.2) is 4.98 Å². The van der Waals surface area contributed by atoms with Crippen molar-refractivity contribution >= 4 is 6.29 Å². The number of carbonyl (C=O) groups is 1. The Morgan fingerprint density at radius 2 is 1.70 bits per heavy atom. The average molecular weight is 370 g/mol. The predicted octanol–water partition coefficient (Wildman–Crippen LogP) is 4.20. The molecule has 2 N–H and O–H groups in total. The molecule has 0 unspecified atom stereocenters. The number of carbonyl (C=O) groups excluding carboxylic acids is 1. The van der Waals surface area contributed by atoms with Gasteiger partial charge in [0.15, 0.2) is 6.29 Å². The first-order chi connectivity index (χ1) is 12.7. The molecule has 1 aromatic carbocycles. The van der Waals surface area contributed by atoms with E-state index in [1.807, 2.05) is 30.3 Å². The molecule has 5 nitrogen and oxygen atoms in total. The van der Waals surface area contributed by atoms with E-state index in [0.717, 1.165) is 12.0 Å². The maximum Gasteiger partial charge on any atom is 0.219 e. The van der Waals surface area contributed by atoms with Gasteiger partial charge in [-0.05, 0) is 65.8 Å². The van der Waals surface area contributed by atoms with Crippen molar-refractivity contribution in [2.45, 2.75) is 57.7 Å². The molecular formula is C22H31N3O2. The van der Waals surface area contributed by atoms with Crippen LogP contribution in [0.5, 0.6) is 11.6 Å². The van der Waals surface area contributed by atoms with Gasteiger partial charge in [0.25, 0.3) is 0 Å². The Balaban J connectivity index is 0.000000199. The Bertz CT molecular complexity index is 696. The van der Waals surface area contributed by atoms with Crippen molar-refractivity contribution in [3.8, 4) is 11.6 Å². The van der Waals surface area contributed by atoms with Crippen LogP contribution < -0.4 is 15.4 Å².